The van der Waals surface area contributed by atoms with Gasteiger partial charge in [-0.25, -0.2) is 18.3 Å². The Morgan fingerprint density at radius 1 is 1.39 bits per heavy atom. The standard InChI is InChI=1S/C17H18F2N3O8P/c1-16(22-11(18)6-12(20)21-15(22)25)13(23)14(24)17(19,30-16)8-28-31(26)27-7-9-4-2-3-5-10(9)29-31/h2-6,13-14,23-24H,7-8H2,1H3,(H2,20,21,25)/t13-,14+,16-,17-,31?/m1/s1. The zero-order chi connectivity index (χ0) is 22.6. The molecule has 5 atom stereocenters. The molecule has 2 aromatic rings. The number of nitrogens with zero attached hydrogens (tertiary/aromatic N) is 2. The molecule has 0 amide bonds. The Balaban J connectivity index is 1.58. The summed E-state index contributed by atoms with van der Waals surface area (Å²) < 4.78 is 63.0. The number of nitrogens with two attached hydrogens (primary N) is 1. The van der Waals surface area contributed by atoms with Gasteiger partial charge in [-0.1, -0.05) is 18.2 Å². The zero-order valence-corrected chi connectivity index (χ0v) is 16.9. The van der Waals surface area contributed by atoms with Crippen LogP contribution in [-0.4, -0.2) is 44.4 Å². The quantitative estimate of drug-likeness (QED) is 0.440. The van der Waals surface area contributed by atoms with Gasteiger partial charge < -0.3 is 25.2 Å². The summed E-state index contributed by atoms with van der Waals surface area (Å²) >= 11 is 0. The summed E-state index contributed by atoms with van der Waals surface area (Å²) in [5, 5.41) is 20.6. The molecule has 0 aliphatic carbocycles. The van der Waals surface area contributed by atoms with E-state index in [1.807, 2.05) is 0 Å². The molecule has 0 bridgehead atoms. The number of aromatic nitrogens is 2. The van der Waals surface area contributed by atoms with Crippen LogP contribution in [0.15, 0.2) is 35.1 Å². The van der Waals surface area contributed by atoms with Crippen LogP contribution in [0.3, 0.4) is 0 Å². The zero-order valence-electron chi connectivity index (χ0n) is 16.0. The molecular weight excluding hydrogens is 443 g/mol. The van der Waals surface area contributed by atoms with Crippen LogP contribution in [0, 0.1) is 5.95 Å². The van der Waals surface area contributed by atoms with Crippen LogP contribution in [-0.2, 0) is 30.7 Å². The van der Waals surface area contributed by atoms with Gasteiger partial charge in [0.1, 0.15) is 30.4 Å². The highest BCUT2D eigenvalue weighted by Crippen LogP contribution is 2.56. The summed E-state index contributed by atoms with van der Waals surface area (Å²) in [6.45, 7) is -0.427. The van der Waals surface area contributed by atoms with Crippen molar-refractivity contribution in [1.82, 2.24) is 9.55 Å². The van der Waals surface area contributed by atoms with Gasteiger partial charge in [-0.05, 0) is 13.0 Å². The number of nitrogen functional groups attached to an aromatic ring is 1. The number of halogens is 2. The van der Waals surface area contributed by atoms with E-state index in [1.165, 1.54) is 6.07 Å². The largest absolute Gasteiger partial charge is 0.530 e. The van der Waals surface area contributed by atoms with E-state index >= 15 is 4.39 Å². The molecule has 14 heteroatoms. The molecule has 1 aromatic carbocycles. The second-order valence-electron chi connectivity index (χ2n) is 7.15. The average Bonchev–Trinajstić information content (AvgIpc) is 2.87. The first-order valence-electron chi connectivity index (χ1n) is 8.95. The molecule has 1 aromatic heterocycles. The van der Waals surface area contributed by atoms with Crippen molar-refractivity contribution >= 4 is 13.6 Å². The molecule has 2 aliphatic rings. The van der Waals surface area contributed by atoms with E-state index in [1.54, 1.807) is 18.2 Å². The van der Waals surface area contributed by atoms with Gasteiger partial charge in [-0.3, -0.25) is 9.05 Å². The minimum atomic E-state index is -4.31. The number of phosphoric ester groups is 1. The Morgan fingerprint density at radius 3 is 2.81 bits per heavy atom. The van der Waals surface area contributed by atoms with Crippen molar-refractivity contribution in [1.29, 1.82) is 0 Å². The predicted molar refractivity (Wildman–Crippen MR) is 98.9 cm³/mol. The van der Waals surface area contributed by atoms with Crippen LogP contribution in [0.25, 0.3) is 0 Å². The summed E-state index contributed by atoms with van der Waals surface area (Å²) in [6, 6.07) is 7.14. The van der Waals surface area contributed by atoms with E-state index in [0.29, 0.717) is 11.6 Å². The van der Waals surface area contributed by atoms with E-state index in [-0.39, 0.29) is 16.9 Å². The van der Waals surface area contributed by atoms with E-state index in [2.05, 4.69) is 4.98 Å². The van der Waals surface area contributed by atoms with Gasteiger partial charge in [0.25, 0.3) is 5.85 Å². The minimum Gasteiger partial charge on any atom is -0.404 e. The molecule has 1 saturated heterocycles. The molecule has 168 valence electrons. The van der Waals surface area contributed by atoms with E-state index in [0.717, 1.165) is 6.92 Å². The van der Waals surface area contributed by atoms with Crippen molar-refractivity contribution in [3.8, 4) is 5.75 Å². The number of hydrogen-bond acceptors (Lipinski definition) is 10. The highest BCUT2D eigenvalue weighted by Gasteiger charge is 2.64. The fourth-order valence-electron chi connectivity index (χ4n) is 3.40. The molecule has 1 unspecified atom stereocenters. The SMILES string of the molecule is C[C@@]1(n2c(F)cc(N)nc2=O)O[C@](F)(COP2(=O)OCc3ccccc3O2)[C@@H](O)[C@H]1O. The third-order valence-corrected chi connectivity index (χ3v) is 6.30. The third-order valence-electron chi connectivity index (χ3n) is 4.99. The van der Waals surface area contributed by atoms with Gasteiger partial charge in [-0.2, -0.15) is 9.37 Å². The Kier molecular flexibility index (Phi) is 5.16. The van der Waals surface area contributed by atoms with Crippen molar-refractivity contribution in [2.75, 3.05) is 12.3 Å². The van der Waals surface area contributed by atoms with Crippen LogP contribution in [0.1, 0.15) is 12.5 Å². The van der Waals surface area contributed by atoms with Crippen molar-refractivity contribution in [3.63, 3.8) is 0 Å². The first-order valence-corrected chi connectivity index (χ1v) is 10.4. The van der Waals surface area contributed by atoms with Gasteiger partial charge in [0.05, 0.1) is 6.61 Å². The van der Waals surface area contributed by atoms with Crippen LogP contribution in [0.4, 0.5) is 14.6 Å². The van der Waals surface area contributed by atoms with Crippen LogP contribution >= 0.6 is 7.82 Å². The van der Waals surface area contributed by atoms with Crippen molar-refractivity contribution < 1.29 is 41.9 Å². The fraction of sp³-hybridized carbons (Fsp3) is 0.412. The summed E-state index contributed by atoms with van der Waals surface area (Å²) in [4.78, 5) is 15.4. The molecule has 2 aliphatic heterocycles. The Bertz CT molecular complexity index is 1130. The number of phosphoric acid groups is 1. The van der Waals surface area contributed by atoms with Crippen molar-refractivity contribution in [3.05, 3.63) is 52.3 Å². The molecule has 0 saturated carbocycles. The predicted octanol–water partition coefficient (Wildman–Crippen LogP) is 0.789. The third kappa shape index (κ3) is 3.63. The topological polar surface area (TPSA) is 155 Å². The average molecular weight is 461 g/mol. The maximum Gasteiger partial charge on any atom is 0.530 e. The number of benzene rings is 1. The molecule has 4 rings (SSSR count). The van der Waals surface area contributed by atoms with Crippen LogP contribution in [0.2, 0.25) is 0 Å². The molecule has 11 nitrogen and oxygen atoms in total. The van der Waals surface area contributed by atoms with E-state index in [4.69, 9.17) is 24.0 Å². The van der Waals surface area contributed by atoms with E-state index < -0.39 is 55.7 Å². The Hall–Kier alpha value is -2.41. The number of aliphatic hydroxyl groups is 2. The monoisotopic (exact) mass is 461 g/mol. The molecule has 0 spiro atoms. The van der Waals surface area contributed by atoms with Gasteiger partial charge >= 0.3 is 13.5 Å². The Labute approximate surface area is 173 Å². The normalized spacial score (nSPS) is 34.9. The second-order valence-corrected chi connectivity index (χ2v) is 8.74. The van der Waals surface area contributed by atoms with E-state index in [9.17, 15) is 24.0 Å². The first kappa shape index (κ1) is 21.8. The molecule has 3 heterocycles. The molecular formula is C17H18F2N3O8P. The van der Waals surface area contributed by atoms with Gasteiger partial charge in [0.15, 0.2) is 5.72 Å². The van der Waals surface area contributed by atoms with Crippen molar-refractivity contribution in [2.45, 2.75) is 37.3 Å². The molecule has 31 heavy (non-hydrogen) atoms. The Morgan fingerprint density at radius 2 is 2.10 bits per heavy atom. The lowest BCUT2D eigenvalue weighted by atomic mass is 10.0. The molecule has 1 fully saturated rings. The lowest BCUT2D eigenvalue weighted by Crippen LogP contribution is -2.50. The lowest BCUT2D eigenvalue weighted by molar-refractivity contribution is -0.240. The summed E-state index contributed by atoms with van der Waals surface area (Å²) in [5.74, 6) is -4.76. The number of fused-ring (bicyclic) bond motifs is 1. The molecule has 4 N–H and O–H groups in total. The van der Waals surface area contributed by atoms with Crippen LogP contribution < -0.4 is 15.9 Å². The number of ether oxygens (including phenoxy) is 1. The minimum absolute atomic E-state index is 0.145. The molecule has 0 radical (unpaired) electrons. The number of anilines is 1. The number of aliphatic hydroxyl groups excluding tert-OH is 2. The second kappa shape index (κ2) is 7.33. The van der Waals surface area contributed by atoms with Crippen molar-refractivity contribution in [2.24, 2.45) is 0 Å². The van der Waals surface area contributed by atoms with Gasteiger partial charge in [0, 0.05) is 11.6 Å². The lowest BCUT2D eigenvalue weighted by Gasteiger charge is -2.31. The first-order chi connectivity index (χ1) is 14.5. The maximum absolute atomic E-state index is 15.4. The highest BCUT2D eigenvalue weighted by atomic mass is 31.2. The maximum atomic E-state index is 15.4. The fourth-order valence-corrected chi connectivity index (χ4v) is 4.63. The number of para-hydroxylation sites is 1. The smallest absolute Gasteiger partial charge is 0.404 e. The number of rotatable bonds is 4. The summed E-state index contributed by atoms with van der Waals surface area (Å²) in [5.41, 5.74) is 2.15. The number of alkyl halides is 1. The van der Waals surface area contributed by atoms with Gasteiger partial charge in [-0.15, -0.1) is 0 Å². The number of hydrogen-bond donors (Lipinski definition) is 3. The summed E-state index contributed by atoms with van der Waals surface area (Å²) in [6.07, 6.45) is -4.47. The van der Waals surface area contributed by atoms with Gasteiger partial charge in [0.2, 0.25) is 5.95 Å². The summed E-state index contributed by atoms with van der Waals surface area (Å²) in [7, 11) is -4.31. The van der Waals surface area contributed by atoms with Crippen LogP contribution in [0.5, 0.6) is 5.75 Å². The highest BCUT2D eigenvalue weighted by molar-refractivity contribution is 7.49.